The number of hydrogen-bond acceptors (Lipinski definition) is 6. The standard InChI is InChI=1S/C7H12O6/c1-2-12-7(11)5-3(8)4(9)6(10)13-5/h3-6,8-10H,2H2,1H3/t3-,4+,5-,6+/m0/s1. The summed E-state index contributed by atoms with van der Waals surface area (Å²) in [4.78, 5) is 11.0. The smallest absolute Gasteiger partial charge is 0.338 e. The van der Waals surface area contributed by atoms with Crippen molar-refractivity contribution in [1.29, 1.82) is 0 Å². The van der Waals surface area contributed by atoms with Crippen LogP contribution in [0.15, 0.2) is 0 Å². The summed E-state index contributed by atoms with van der Waals surface area (Å²) in [6.45, 7) is 1.75. The molecular weight excluding hydrogens is 180 g/mol. The Bertz CT molecular complexity index is 193. The van der Waals surface area contributed by atoms with Crippen molar-refractivity contribution in [3.63, 3.8) is 0 Å². The zero-order valence-corrected chi connectivity index (χ0v) is 7.08. The molecule has 1 aliphatic rings. The lowest BCUT2D eigenvalue weighted by molar-refractivity contribution is -0.170. The SMILES string of the molecule is CCOC(=O)[C@H]1O[C@@H](O)[C@H](O)[C@@H]1O. The van der Waals surface area contributed by atoms with Crippen molar-refractivity contribution in [1.82, 2.24) is 0 Å². The summed E-state index contributed by atoms with van der Waals surface area (Å²) in [5, 5.41) is 27.1. The van der Waals surface area contributed by atoms with Gasteiger partial charge in [-0.15, -0.1) is 0 Å². The molecule has 0 aromatic rings. The molecule has 13 heavy (non-hydrogen) atoms. The molecule has 0 radical (unpaired) electrons. The normalized spacial score (nSPS) is 39.1. The second kappa shape index (κ2) is 4.01. The minimum Gasteiger partial charge on any atom is -0.464 e. The van der Waals surface area contributed by atoms with E-state index in [0.717, 1.165) is 0 Å². The zero-order chi connectivity index (χ0) is 10.0. The molecule has 0 bridgehead atoms. The van der Waals surface area contributed by atoms with Crippen molar-refractivity contribution in [3.05, 3.63) is 0 Å². The fraction of sp³-hybridized carbons (Fsp3) is 0.857. The lowest BCUT2D eigenvalue weighted by atomic mass is 10.1. The number of esters is 1. The summed E-state index contributed by atoms with van der Waals surface area (Å²) >= 11 is 0. The van der Waals surface area contributed by atoms with Crippen molar-refractivity contribution < 1.29 is 29.6 Å². The lowest BCUT2D eigenvalue weighted by Crippen LogP contribution is -2.37. The van der Waals surface area contributed by atoms with Gasteiger partial charge < -0.3 is 24.8 Å². The molecule has 0 aromatic carbocycles. The lowest BCUT2D eigenvalue weighted by Gasteiger charge is -2.11. The number of hydrogen-bond donors (Lipinski definition) is 3. The highest BCUT2D eigenvalue weighted by molar-refractivity contribution is 5.76. The molecule has 6 nitrogen and oxygen atoms in total. The summed E-state index contributed by atoms with van der Waals surface area (Å²) in [6.07, 6.45) is -5.74. The molecule has 6 heteroatoms. The average Bonchev–Trinajstić information content (AvgIpc) is 2.33. The molecule has 0 aromatic heterocycles. The average molecular weight is 192 g/mol. The Kier molecular flexibility index (Phi) is 3.21. The van der Waals surface area contributed by atoms with Gasteiger partial charge in [-0.25, -0.2) is 4.79 Å². The van der Waals surface area contributed by atoms with E-state index in [2.05, 4.69) is 9.47 Å². The van der Waals surface area contributed by atoms with Crippen LogP contribution < -0.4 is 0 Å². The van der Waals surface area contributed by atoms with Crippen LogP contribution >= 0.6 is 0 Å². The predicted molar refractivity (Wildman–Crippen MR) is 39.5 cm³/mol. The van der Waals surface area contributed by atoms with Gasteiger partial charge in [-0.05, 0) is 6.92 Å². The Morgan fingerprint density at radius 3 is 2.38 bits per heavy atom. The predicted octanol–water partition coefficient (Wildman–Crippen LogP) is -2.01. The van der Waals surface area contributed by atoms with Crippen LogP contribution in [0.3, 0.4) is 0 Å². The fourth-order valence-corrected chi connectivity index (χ4v) is 1.08. The third-order valence-electron chi connectivity index (χ3n) is 1.76. The van der Waals surface area contributed by atoms with Gasteiger partial charge >= 0.3 is 5.97 Å². The molecule has 76 valence electrons. The molecule has 1 aliphatic heterocycles. The van der Waals surface area contributed by atoms with Crippen LogP contribution in [0.1, 0.15) is 6.92 Å². The van der Waals surface area contributed by atoms with Crippen LogP contribution in [0.25, 0.3) is 0 Å². The molecule has 1 saturated heterocycles. The number of rotatable bonds is 2. The quantitative estimate of drug-likeness (QED) is 0.437. The topological polar surface area (TPSA) is 96.2 Å². The summed E-state index contributed by atoms with van der Waals surface area (Å²) in [7, 11) is 0. The van der Waals surface area contributed by atoms with Gasteiger partial charge in [-0.3, -0.25) is 0 Å². The van der Waals surface area contributed by atoms with Crippen LogP contribution in [0, 0.1) is 0 Å². The van der Waals surface area contributed by atoms with Crippen LogP contribution in [0.2, 0.25) is 0 Å². The van der Waals surface area contributed by atoms with Crippen LogP contribution in [-0.2, 0) is 14.3 Å². The van der Waals surface area contributed by atoms with Crippen molar-refractivity contribution in [2.24, 2.45) is 0 Å². The van der Waals surface area contributed by atoms with E-state index in [4.69, 9.17) is 10.2 Å². The van der Waals surface area contributed by atoms with Gasteiger partial charge in [0.1, 0.15) is 12.2 Å². The van der Waals surface area contributed by atoms with Gasteiger partial charge in [0.05, 0.1) is 6.61 Å². The third-order valence-corrected chi connectivity index (χ3v) is 1.76. The van der Waals surface area contributed by atoms with Crippen molar-refractivity contribution >= 4 is 5.97 Å². The second-order valence-electron chi connectivity index (χ2n) is 2.68. The monoisotopic (exact) mass is 192 g/mol. The van der Waals surface area contributed by atoms with E-state index in [1.54, 1.807) is 6.92 Å². The number of ether oxygens (including phenoxy) is 2. The minimum absolute atomic E-state index is 0.150. The summed E-state index contributed by atoms with van der Waals surface area (Å²) < 4.78 is 9.13. The molecule has 0 saturated carbocycles. The van der Waals surface area contributed by atoms with Gasteiger partial charge in [0.2, 0.25) is 0 Å². The first kappa shape index (κ1) is 10.4. The Labute approximate surface area is 74.7 Å². The van der Waals surface area contributed by atoms with Crippen LogP contribution in [0.5, 0.6) is 0 Å². The van der Waals surface area contributed by atoms with Crippen LogP contribution in [0.4, 0.5) is 0 Å². The third kappa shape index (κ3) is 1.97. The van der Waals surface area contributed by atoms with Crippen LogP contribution in [-0.4, -0.2) is 52.5 Å². The second-order valence-corrected chi connectivity index (χ2v) is 2.68. The summed E-state index contributed by atoms with van der Waals surface area (Å²) in [6, 6.07) is 0. The molecule has 1 rings (SSSR count). The number of carbonyl (C=O) groups excluding carboxylic acids is 1. The highest BCUT2D eigenvalue weighted by Gasteiger charge is 2.46. The molecule has 0 aliphatic carbocycles. The van der Waals surface area contributed by atoms with Gasteiger partial charge in [-0.2, -0.15) is 0 Å². The van der Waals surface area contributed by atoms with Gasteiger partial charge in [0, 0.05) is 0 Å². The highest BCUT2D eigenvalue weighted by Crippen LogP contribution is 2.20. The minimum atomic E-state index is -1.54. The van der Waals surface area contributed by atoms with E-state index in [-0.39, 0.29) is 6.61 Å². The fourth-order valence-electron chi connectivity index (χ4n) is 1.08. The molecule has 1 heterocycles. The molecule has 0 unspecified atom stereocenters. The first-order valence-electron chi connectivity index (χ1n) is 3.94. The maximum atomic E-state index is 11.0. The summed E-state index contributed by atoms with van der Waals surface area (Å²) in [5.41, 5.74) is 0. The molecular formula is C7H12O6. The first-order valence-corrected chi connectivity index (χ1v) is 3.94. The highest BCUT2D eigenvalue weighted by atomic mass is 16.7. The largest absolute Gasteiger partial charge is 0.464 e. The van der Waals surface area contributed by atoms with Crippen molar-refractivity contribution in [2.45, 2.75) is 31.5 Å². The Hall–Kier alpha value is -0.690. The van der Waals surface area contributed by atoms with E-state index < -0.39 is 30.6 Å². The Morgan fingerprint density at radius 1 is 1.38 bits per heavy atom. The molecule has 1 fully saturated rings. The molecule has 0 spiro atoms. The Balaban J connectivity index is 2.57. The first-order chi connectivity index (χ1) is 6.07. The van der Waals surface area contributed by atoms with Gasteiger partial charge in [0.25, 0.3) is 0 Å². The van der Waals surface area contributed by atoms with E-state index in [1.807, 2.05) is 0 Å². The number of carbonyl (C=O) groups is 1. The van der Waals surface area contributed by atoms with E-state index in [9.17, 15) is 9.90 Å². The maximum Gasteiger partial charge on any atom is 0.338 e. The number of aliphatic hydroxyl groups excluding tert-OH is 3. The number of aliphatic hydroxyl groups is 3. The Morgan fingerprint density at radius 2 is 2.00 bits per heavy atom. The molecule has 3 N–H and O–H groups in total. The maximum absolute atomic E-state index is 11.0. The van der Waals surface area contributed by atoms with E-state index in [0.29, 0.717) is 0 Å². The van der Waals surface area contributed by atoms with Gasteiger partial charge in [-0.1, -0.05) is 0 Å². The summed E-state index contributed by atoms with van der Waals surface area (Å²) in [5.74, 6) is -0.786. The van der Waals surface area contributed by atoms with Crippen molar-refractivity contribution in [2.75, 3.05) is 6.61 Å². The van der Waals surface area contributed by atoms with Crippen molar-refractivity contribution in [3.8, 4) is 0 Å². The molecule has 4 atom stereocenters. The van der Waals surface area contributed by atoms with E-state index >= 15 is 0 Å². The van der Waals surface area contributed by atoms with Gasteiger partial charge in [0.15, 0.2) is 12.4 Å². The molecule has 0 amide bonds. The van der Waals surface area contributed by atoms with E-state index in [1.165, 1.54) is 0 Å². The zero-order valence-electron chi connectivity index (χ0n) is 7.08.